The molecular formula is C16H17N3S2. The number of thioether (sulfide) groups is 1. The van der Waals surface area contributed by atoms with Crippen molar-refractivity contribution in [2.24, 2.45) is 4.99 Å². The molecule has 0 bridgehead atoms. The van der Waals surface area contributed by atoms with E-state index in [2.05, 4.69) is 46.5 Å². The van der Waals surface area contributed by atoms with E-state index in [4.69, 9.17) is 4.99 Å². The van der Waals surface area contributed by atoms with Gasteiger partial charge in [0.15, 0.2) is 5.17 Å². The molecule has 0 aliphatic carbocycles. The minimum atomic E-state index is 0.127. The summed E-state index contributed by atoms with van der Waals surface area (Å²) in [5.74, 6) is 1.16. The summed E-state index contributed by atoms with van der Waals surface area (Å²) in [5, 5.41) is 3.36. The molecule has 0 amide bonds. The second-order valence-electron chi connectivity index (χ2n) is 5.35. The first-order valence-electron chi connectivity index (χ1n) is 7.31. The Labute approximate surface area is 133 Å². The van der Waals surface area contributed by atoms with Crippen molar-refractivity contribution < 1.29 is 0 Å². The van der Waals surface area contributed by atoms with Crippen molar-refractivity contribution in [3.8, 4) is 0 Å². The number of nitrogens with zero attached hydrogens (tertiary/aromatic N) is 3. The first kappa shape index (κ1) is 13.3. The van der Waals surface area contributed by atoms with E-state index < -0.39 is 0 Å². The lowest BCUT2D eigenvalue weighted by Gasteiger charge is -2.30. The number of aliphatic imine (C=N–C) groups is 1. The lowest BCUT2D eigenvalue weighted by Crippen LogP contribution is -2.34. The van der Waals surface area contributed by atoms with E-state index >= 15 is 0 Å². The van der Waals surface area contributed by atoms with Gasteiger partial charge in [0.25, 0.3) is 0 Å². The summed E-state index contributed by atoms with van der Waals surface area (Å²) in [6, 6.07) is 11.5. The fourth-order valence-electron chi connectivity index (χ4n) is 3.12. The zero-order valence-corrected chi connectivity index (χ0v) is 13.5. The third-order valence-electron chi connectivity index (χ3n) is 4.16. The molecule has 2 aromatic heterocycles. The van der Waals surface area contributed by atoms with Gasteiger partial charge in [-0.1, -0.05) is 30.8 Å². The Hall–Kier alpha value is -1.33. The van der Waals surface area contributed by atoms with Crippen LogP contribution in [0.4, 0.5) is 0 Å². The fraction of sp³-hybridized carbons (Fsp3) is 0.375. The molecule has 0 saturated carbocycles. The van der Waals surface area contributed by atoms with Crippen LogP contribution in [0.15, 0.2) is 46.9 Å². The maximum Gasteiger partial charge on any atom is 0.160 e. The summed E-state index contributed by atoms with van der Waals surface area (Å²) in [5.41, 5.74) is 1.08. The standard InChI is InChI=1S/C16H17N3S2/c1-2-11-10-21-16-18-14(12-6-3-4-8-17-12)15(19(11)16)13-7-5-9-20-13/h3-9,11,14-15H,2,10H2,1H3/t11-,14+,15-/m1/s1. The molecule has 0 radical (unpaired) electrons. The SMILES string of the molecule is CC[C@@H]1CSC2=N[C@@H](c3ccccn3)[C@@H](c3cccs3)N21. The van der Waals surface area contributed by atoms with Gasteiger partial charge in [-0.3, -0.25) is 9.98 Å². The van der Waals surface area contributed by atoms with E-state index in [-0.39, 0.29) is 6.04 Å². The van der Waals surface area contributed by atoms with Crippen LogP contribution in [0.25, 0.3) is 0 Å². The molecule has 2 aliphatic heterocycles. The summed E-state index contributed by atoms with van der Waals surface area (Å²) in [6.07, 6.45) is 3.04. The number of fused-ring (bicyclic) bond motifs is 1. The molecule has 2 aromatic rings. The highest BCUT2D eigenvalue weighted by atomic mass is 32.2. The number of hydrogen-bond donors (Lipinski definition) is 0. The molecular weight excluding hydrogens is 298 g/mol. The average Bonchev–Trinajstić information content (AvgIpc) is 3.23. The van der Waals surface area contributed by atoms with Crippen LogP contribution in [0, 0.1) is 0 Å². The van der Waals surface area contributed by atoms with E-state index in [1.807, 2.05) is 35.4 Å². The molecule has 2 aliphatic rings. The van der Waals surface area contributed by atoms with E-state index in [9.17, 15) is 0 Å². The van der Waals surface area contributed by atoms with Gasteiger partial charge in [-0.15, -0.1) is 11.3 Å². The Bertz CT molecular complexity index is 639. The molecule has 21 heavy (non-hydrogen) atoms. The van der Waals surface area contributed by atoms with Gasteiger partial charge in [-0.25, -0.2) is 0 Å². The highest BCUT2D eigenvalue weighted by molar-refractivity contribution is 8.14. The van der Waals surface area contributed by atoms with Crippen molar-refractivity contribution in [3.63, 3.8) is 0 Å². The maximum absolute atomic E-state index is 5.01. The predicted molar refractivity (Wildman–Crippen MR) is 89.8 cm³/mol. The van der Waals surface area contributed by atoms with Gasteiger partial charge >= 0.3 is 0 Å². The molecule has 3 atom stereocenters. The van der Waals surface area contributed by atoms with Crippen LogP contribution < -0.4 is 0 Å². The summed E-state index contributed by atoms with van der Waals surface area (Å²) in [4.78, 5) is 13.5. The van der Waals surface area contributed by atoms with Crippen LogP contribution in [-0.2, 0) is 0 Å². The van der Waals surface area contributed by atoms with Crippen molar-refractivity contribution in [3.05, 3.63) is 52.5 Å². The van der Waals surface area contributed by atoms with Crippen LogP contribution in [0.1, 0.15) is 36.0 Å². The second-order valence-corrected chi connectivity index (χ2v) is 7.32. The van der Waals surface area contributed by atoms with Crippen molar-refractivity contribution in [1.82, 2.24) is 9.88 Å². The van der Waals surface area contributed by atoms with Crippen LogP contribution in [-0.4, -0.2) is 26.8 Å². The highest BCUT2D eigenvalue weighted by Crippen LogP contribution is 2.49. The summed E-state index contributed by atoms with van der Waals surface area (Å²) < 4.78 is 0. The molecule has 4 rings (SSSR count). The number of hydrogen-bond acceptors (Lipinski definition) is 5. The molecule has 0 aromatic carbocycles. The normalized spacial score (nSPS) is 27.8. The molecule has 3 nitrogen and oxygen atoms in total. The Morgan fingerprint density at radius 1 is 1.29 bits per heavy atom. The summed E-state index contributed by atoms with van der Waals surface area (Å²) in [7, 11) is 0. The van der Waals surface area contributed by atoms with Crippen LogP contribution in [0.3, 0.4) is 0 Å². The molecule has 1 saturated heterocycles. The smallest absolute Gasteiger partial charge is 0.160 e. The van der Waals surface area contributed by atoms with Crippen molar-refractivity contribution in [1.29, 1.82) is 0 Å². The second kappa shape index (κ2) is 5.46. The number of rotatable bonds is 3. The van der Waals surface area contributed by atoms with Gasteiger partial charge in [0.1, 0.15) is 6.04 Å². The summed E-state index contributed by atoms with van der Waals surface area (Å²) in [6.45, 7) is 2.27. The fourth-order valence-corrected chi connectivity index (χ4v) is 5.31. The Morgan fingerprint density at radius 3 is 2.95 bits per heavy atom. The van der Waals surface area contributed by atoms with Gasteiger partial charge in [0.2, 0.25) is 0 Å². The number of aromatic nitrogens is 1. The number of pyridine rings is 1. The van der Waals surface area contributed by atoms with E-state index in [1.54, 1.807) is 0 Å². The van der Waals surface area contributed by atoms with Gasteiger partial charge in [-0.05, 0) is 30.0 Å². The Morgan fingerprint density at radius 2 is 2.24 bits per heavy atom. The molecule has 108 valence electrons. The zero-order chi connectivity index (χ0) is 14.2. The highest BCUT2D eigenvalue weighted by Gasteiger charge is 2.45. The van der Waals surface area contributed by atoms with Crippen molar-refractivity contribution in [2.45, 2.75) is 31.5 Å². The first-order chi connectivity index (χ1) is 10.4. The van der Waals surface area contributed by atoms with E-state index in [1.165, 1.54) is 16.5 Å². The average molecular weight is 315 g/mol. The van der Waals surface area contributed by atoms with Gasteiger partial charge in [0.05, 0.1) is 11.7 Å². The molecule has 0 N–H and O–H groups in total. The first-order valence-corrected chi connectivity index (χ1v) is 9.18. The van der Waals surface area contributed by atoms with E-state index in [0.29, 0.717) is 12.1 Å². The van der Waals surface area contributed by atoms with Crippen molar-refractivity contribution in [2.75, 3.05) is 5.75 Å². The Balaban J connectivity index is 1.78. The monoisotopic (exact) mass is 315 g/mol. The lowest BCUT2D eigenvalue weighted by molar-refractivity contribution is 0.258. The van der Waals surface area contributed by atoms with Gasteiger partial charge in [-0.2, -0.15) is 0 Å². The van der Waals surface area contributed by atoms with Crippen LogP contribution >= 0.6 is 23.1 Å². The molecule has 4 heterocycles. The minimum Gasteiger partial charge on any atom is -0.337 e. The third kappa shape index (κ3) is 2.19. The predicted octanol–water partition coefficient (Wildman–Crippen LogP) is 4.12. The molecule has 0 unspecified atom stereocenters. The molecule has 1 fully saturated rings. The zero-order valence-electron chi connectivity index (χ0n) is 11.8. The summed E-state index contributed by atoms with van der Waals surface area (Å²) >= 11 is 3.73. The van der Waals surface area contributed by atoms with Gasteiger partial charge in [0, 0.05) is 22.9 Å². The van der Waals surface area contributed by atoms with Gasteiger partial charge < -0.3 is 4.90 Å². The maximum atomic E-state index is 5.01. The van der Waals surface area contributed by atoms with E-state index in [0.717, 1.165) is 11.4 Å². The third-order valence-corrected chi connectivity index (χ3v) is 6.23. The largest absolute Gasteiger partial charge is 0.337 e. The number of amidine groups is 1. The van der Waals surface area contributed by atoms with Crippen molar-refractivity contribution >= 4 is 28.3 Å². The number of thiophene rings is 1. The van der Waals surface area contributed by atoms with Crippen LogP contribution in [0.5, 0.6) is 0 Å². The van der Waals surface area contributed by atoms with Crippen LogP contribution in [0.2, 0.25) is 0 Å². The molecule has 0 spiro atoms. The topological polar surface area (TPSA) is 28.5 Å². The minimum absolute atomic E-state index is 0.127. The molecule has 5 heteroatoms. The quantitative estimate of drug-likeness (QED) is 0.853. The lowest BCUT2D eigenvalue weighted by atomic mass is 10.0. The Kier molecular flexibility index (Phi) is 3.47.